The highest BCUT2D eigenvalue weighted by Crippen LogP contribution is 2.36. The highest BCUT2D eigenvalue weighted by Gasteiger charge is 2.18. The topological polar surface area (TPSA) is 29.5 Å². The molecular weight excluding hydrogens is 248 g/mol. The number of benzene rings is 1. The molecule has 0 bridgehead atoms. The predicted octanol–water partition coefficient (Wildman–Crippen LogP) is 4.23. The Balaban J connectivity index is 2.30. The van der Waals surface area contributed by atoms with E-state index in [4.69, 9.17) is 9.84 Å². The van der Waals surface area contributed by atoms with Crippen LogP contribution < -0.4 is 4.74 Å². The van der Waals surface area contributed by atoms with Crippen LogP contribution in [0.25, 0.3) is 0 Å². The molecule has 1 aromatic rings. The third-order valence-corrected chi connectivity index (χ3v) is 4.44. The minimum atomic E-state index is 0.0800. The lowest BCUT2D eigenvalue weighted by Crippen LogP contribution is -2.09. The van der Waals surface area contributed by atoms with Crippen LogP contribution in [0.15, 0.2) is 12.1 Å². The van der Waals surface area contributed by atoms with E-state index in [-0.39, 0.29) is 6.61 Å². The largest absolute Gasteiger partial charge is 0.491 e. The first-order chi connectivity index (χ1) is 9.80. The van der Waals surface area contributed by atoms with Gasteiger partial charge in [0.05, 0.1) is 6.61 Å². The van der Waals surface area contributed by atoms with Crippen molar-refractivity contribution in [1.82, 2.24) is 0 Å². The predicted molar refractivity (Wildman–Crippen MR) is 83.6 cm³/mol. The smallest absolute Gasteiger partial charge is 0.125 e. The molecule has 1 aliphatic carbocycles. The molecule has 2 nitrogen and oxygen atoms in total. The Morgan fingerprint density at radius 3 is 2.15 bits per heavy atom. The molecular formula is C18H28O2. The zero-order chi connectivity index (χ0) is 14.4. The molecule has 1 aromatic carbocycles. The summed E-state index contributed by atoms with van der Waals surface area (Å²) in [5.41, 5.74) is 4.12. The zero-order valence-corrected chi connectivity index (χ0v) is 13.0. The number of aliphatic hydroxyl groups is 1. The standard InChI is InChI=1S/C18H28O2/c1-3-14-12-17(16-8-6-5-7-9-16)13-15(4-2)18(14)20-11-10-19/h12-13,16,19H,3-11H2,1-2H3. The van der Waals surface area contributed by atoms with Gasteiger partial charge in [-0.05, 0) is 48.3 Å². The molecule has 0 amide bonds. The van der Waals surface area contributed by atoms with Crippen LogP contribution >= 0.6 is 0 Å². The molecule has 2 rings (SSSR count). The van der Waals surface area contributed by atoms with Crippen LogP contribution in [0.3, 0.4) is 0 Å². The van der Waals surface area contributed by atoms with Crippen molar-refractivity contribution in [3.63, 3.8) is 0 Å². The molecule has 0 aliphatic heterocycles. The van der Waals surface area contributed by atoms with E-state index in [1.165, 1.54) is 48.8 Å². The van der Waals surface area contributed by atoms with E-state index in [1.807, 2.05) is 0 Å². The van der Waals surface area contributed by atoms with Gasteiger partial charge in [0.2, 0.25) is 0 Å². The van der Waals surface area contributed by atoms with Gasteiger partial charge in [-0.15, -0.1) is 0 Å². The summed E-state index contributed by atoms with van der Waals surface area (Å²) in [5.74, 6) is 1.76. The highest BCUT2D eigenvalue weighted by atomic mass is 16.5. The van der Waals surface area contributed by atoms with E-state index in [2.05, 4.69) is 26.0 Å². The molecule has 0 spiro atoms. The van der Waals surface area contributed by atoms with Crippen molar-refractivity contribution in [1.29, 1.82) is 0 Å². The van der Waals surface area contributed by atoms with Gasteiger partial charge in [-0.3, -0.25) is 0 Å². The summed E-state index contributed by atoms with van der Waals surface area (Å²) < 4.78 is 5.79. The van der Waals surface area contributed by atoms with Gasteiger partial charge in [-0.25, -0.2) is 0 Å². The lowest BCUT2D eigenvalue weighted by molar-refractivity contribution is 0.199. The molecule has 0 heterocycles. The number of hydrogen-bond acceptors (Lipinski definition) is 2. The molecule has 0 aromatic heterocycles. The van der Waals surface area contributed by atoms with Gasteiger partial charge < -0.3 is 9.84 Å². The van der Waals surface area contributed by atoms with Gasteiger partial charge >= 0.3 is 0 Å². The quantitative estimate of drug-likeness (QED) is 0.842. The molecule has 0 atom stereocenters. The second-order valence-electron chi connectivity index (χ2n) is 5.78. The molecule has 0 unspecified atom stereocenters. The Morgan fingerprint density at radius 1 is 1.05 bits per heavy atom. The fourth-order valence-electron chi connectivity index (χ4n) is 3.31. The van der Waals surface area contributed by atoms with Crippen LogP contribution in [0, 0.1) is 0 Å². The maximum Gasteiger partial charge on any atom is 0.125 e. The minimum absolute atomic E-state index is 0.0800. The van der Waals surface area contributed by atoms with Gasteiger partial charge in [0.15, 0.2) is 0 Å². The van der Waals surface area contributed by atoms with Crippen molar-refractivity contribution in [2.24, 2.45) is 0 Å². The summed E-state index contributed by atoms with van der Waals surface area (Å²) >= 11 is 0. The molecule has 1 saturated carbocycles. The summed E-state index contributed by atoms with van der Waals surface area (Å²) in [6.45, 7) is 4.84. The molecule has 0 saturated heterocycles. The number of rotatable bonds is 6. The van der Waals surface area contributed by atoms with Crippen LogP contribution in [0.4, 0.5) is 0 Å². The summed E-state index contributed by atoms with van der Waals surface area (Å²) in [4.78, 5) is 0. The Hall–Kier alpha value is -1.02. The SMILES string of the molecule is CCc1cc(C2CCCCC2)cc(CC)c1OCCO. The van der Waals surface area contributed by atoms with Gasteiger partial charge in [0, 0.05) is 0 Å². The Morgan fingerprint density at radius 2 is 1.65 bits per heavy atom. The van der Waals surface area contributed by atoms with Crippen molar-refractivity contribution in [3.8, 4) is 5.75 Å². The molecule has 2 heteroatoms. The summed E-state index contributed by atoms with van der Waals surface area (Å²) in [6.07, 6.45) is 8.80. The van der Waals surface area contributed by atoms with Crippen LogP contribution in [0.2, 0.25) is 0 Å². The number of aliphatic hydroxyl groups excluding tert-OH is 1. The van der Waals surface area contributed by atoms with E-state index in [0.717, 1.165) is 24.5 Å². The first-order valence-corrected chi connectivity index (χ1v) is 8.19. The molecule has 1 fully saturated rings. The Kier molecular flexibility index (Phi) is 5.90. The molecule has 1 aliphatic rings. The number of ether oxygens (including phenoxy) is 1. The average Bonchev–Trinajstić information content (AvgIpc) is 2.52. The lowest BCUT2D eigenvalue weighted by Gasteiger charge is -2.24. The summed E-state index contributed by atoms with van der Waals surface area (Å²) in [7, 11) is 0. The number of hydrogen-bond donors (Lipinski definition) is 1. The molecule has 112 valence electrons. The van der Waals surface area contributed by atoms with E-state index >= 15 is 0 Å². The van der Waals surface area contributed by atoms with E-state index in [9.17, 15) is 0 Å². The van der Waals surface area contributed by atoms with Crippen molar-refractivity contribution in [3.05, 3.63) is 28.8 Å². The van der Waals surface area contributed by atoms with Gasteiger partial charge in [-0.1, -0.05) is 45.2 Å². The van der Waals surface area contributed by atoms with Gasteiger partial charge in [0.1, 0.15) is 12.4 Å². The van der Waals surface area contributed by atoms with Gasteiger partial charge in [-0.2, -0.15) is 0 Å². The lowest BCUT2D eigenvalue weighted by atomic mass is 9.82. The fourth-order valence-corrected chi connectivity index (χ4v) is 3.31. The van der Waals surface area contributed by atoms with Crippen molar-refractivity contribution in [2.45, 2.75) is 64.7 Å². The first kappa shape index (κ1) is 15.4. The molecule has 0 radical (unpaired) electrons. The zero-order valence-electron chi connectivity index (χ0n) is 13.0. The van der Waals surface area contributed by atoms with E-state index in [1.54, 1.807) is 0 Å². The minimum Gasteiger partial charge on any atom is -0.491 e. The third kappa shape index (κ3) is 3.54. The molecule has 1 N–H and O–H groups in total. The van der Waals surface area contributed by atoms with E-state index in [0.29, 0.717) is 6.61 Å². The van der Waals surface area contributed by atoms with Crippen molar-refractivity contribution in [2.75, 3.05) is 13.2 Å². The van der Waals surface area contributed by atoms with Crippen LogP contribution in [0.5, 0.6) is 5.75 Å². The van der Waals surface area contributed by atoms with E-state index < -0.39 is 0 Å². The normalized spacial score (nSPS) is 16.4. The van der Waals surface area contributed by atoms with Gasteiger partial charge in [0.25, 0.3) is 0 Å². The Labute approximate surface area is 123 Å². The monoisotopic (exact) mass is 276 g/mol. The molecule has 20 heavy (non-hydrogen) atoms. The van der Waals surface area contributed by atoms with Crippen molar-refractivity contribution >= 4 is 0 Å². The summed E-state index contributed by atoms with van der Waals surface area (Å²) in [6, 6.07) is 4.70. The third-order valence-electron chi connectivity index (χ3n) is 4.44. The van der Waals surface area contributed by atoms with Crippen LogP contribution in [-0.4, -0.2) is 18.3 Å². The van der Waals surface area contributed by atoms with Crippen LogP contribution in [0.1, 0.15) is 68.6 Å². The second kappa shape index (κ2) is 7.68. The average molecular weight is 276 g/mol. The Bertz CT molecular complexity index is 394. The second-order valence-corrected chi connectivity index (χ2v) is 5.78. The first-order valence-electron chi connectivity index (χ1n) is 8.19. The van der Waals surface area contributed by atoms with Crippen LogP contribution in [-0.2, 0) is 12.8 Å². The summed E-state index contributed by atoms with van der Waals surface area (Å²) in [5, 5.41) is 8.99. The maximum absolute atomic E-state index is 8.99. The highest BCUT2D eigenvalue weighted by molar-refractivity contribution is 5.46. The maximum atomic E-state index is 8.99. The number of aryl methyl sites for hydroxylation is 2. The fraction of sp³-hybridized carbons (Fsp3) is 0.667. The van der Waals surface area contributed by atoms with Crippen molar-refractivity contribution < 1.29 is 9.84 Å².